The molecule has 3 fully saturated rings. The van der Waals surface area contributed by atoms with E-state index in [1.54, 1.807) is 0 Å². The number of carbonyl (C=O) groups excluding carboxylic acids is 1. The van der Waals surface area contributed by atoms with Gasteiger partial charge in [-0.25, -0.2) is 0 Å². The van der Waals surface area contributed by atoms with Gasteiger partial charge in [0.25, 0.3) is 0 Å². The molecule has 2 heterocycles. The van der Waals surface area contributed by atoms with Crippen molar-refractivity contribution in [2.45, 2.75) is 32.2 Å². The number of methoxy groups -OCH3 is 1. The average Bonchev–Trinajstić information content (AvgIpc) is 3.27. The van der Waals surface area contributed by atoms with E-state index in [0.29, 0.717) is 6.54 Å². The Labute approximate surface area is 134 Å². The van der Waals surface area contributed by atoms with E-state index in [-0.39, 0.29) is 5.97 Å². The van der Waals surface area contributed by atoms with Crippen molar-refractivity contribution >= 4 is 5.97 Å². The number of hydrogen-bond donors (Lipinski definition) is 0. The number of nitrogens with zero attached hydrogens (tertiary/aromatic N) is 3. The van der Waals surface area contributed by atoms with Gasteiger partial charge in [-0.1, -0.05) is 6.92 Å². The molecule has 5 nitrogen and oxygen atoms in total. The van der Waals surface area contributed by atoms with Gasteiger partial charge in [0.15, 0.2) is 0 Å². The van der Waals surface area contributed by atoms with Crippen LogP contribution in [0.4, 0.5) is 0 Å². The molecular formula is C17H31N3O2. The maximum atomic E-state index is 11.3. The van der Waals surface area contributed by atoms with Crippen LogP contribution in [0.5, 0.6) is 0 Å². The summed E-state index contributed by atoms with van der Waals surface area (Å²) in [5.74, 6) is 1.63. The van der Waals surface area contributed by atoms with Crippen molar-refractivity contribution < 1.29 is 9.53 Å². The average molecular weight is 309 g/mol. The molecule has 0 spiro atoms. The zero-order valence-electron chi connectivity index (χ0n) is 14.2. The topological polar surface area (TPSA) is 36.0 Å². The molecule has 0 aromatic rings. The molecule has 0 amide bonds. The van der Waals surface area contributed by atoms with Crippen LogP contribution in [-0.2, 0) is 9.53 Å². The first kappa shape index (κ1) is 16.2. The number of carbonyl (C=O) groups is 1. The van der Waals surface area contributed by atoms with Gasteiger partial charge in [0, 0.05) is 38.8 Å². The Morgan fingerprint density at radius 3 is 2.23 bits per heavy atom. The number of hydrogen-bond acceptors (Lipinski definition) is 5. The summed E-state index contributed by atoms with van der Waals surface area (Å²) in [5, 5.41) is 0. The van der Waals surface area contributed by atoms with Crippen molar-refractivity contribution in [2.24, 2.45) is 11.8 Å². The van der Waals surface area contributed by atoms with Crippen LogP contribution in [0, 0.1) is 11.8 Å². The van der Waals surface area contributed by atoms with Crippen molar-refractivity contribution in [3.05, 3.63) is 0 Å². The van der Waals surface area contributed by atoms with Crippen molar-refractivity contribution in [3.8, 4) is 0 Å². The fraction of sp³-hybridized carbons (Fsp3) is 0.941. The molecule has 0 radical (unpaired) electrons. The van der Waals surface area contributed by atoms with Crippen molar-refractivity contribution in [1.29, 1.82) is 0 Å². The van der Waals surface area contributed by atoms with E-state index >= 15 is 0 Å². The summed E-state index contributed by atoms with van der Waals surface area (Å²) in [5.41, 5.74) is 0. The van der Waals surface area contributed by atoms with Crippen LogP contribution in [0.1, 0.15) is 26.2 Å². The van der Waals surface area contributed by atoms with E-state index < -0.39 is 0 Å². The summed E-state index contributed by atoms with van der Waals surface area (Å²) >= 11 is 0. The molecule has 0 aromatic heterocycles. The third-order valence-electron chi connectivity index (χ3n) is 5.75. The van der Waals surface area contributed by atoms with Crippen LogP contribution in [0.15, 0.2) is 0 Å². The lowest BCUT2D eigenvalue weighted by Gasteiger charge is -2.39. The van der Waals surface area contributed by atoms with Crippen molar-refractivity contribution in [1.82, 2.24) is 14.7 Å². The lowest BCUT2D eigenvalue weighted by atomic mass is 9.96. The molecule has 2 saturated heterocycles. The normalized spacial score (nSPS) is 32.1. The predicted molar refractivity (Wildman–Crippen MR) is 86.8 cm³/mol. The second kappa shape index (κ2) is 7.28. The van der Waals surface area contributed by atoms with E-state index in [9.17, 15) is 4.79 Å². The quantitative estimate of drug-likeness (QED) is 0.705. The first-order valence-electron chi connectivity index (χ1n) is 8.91. The van der Waals surface area contributed by atoms with Crippen LogP contribution in [0.2, 0.25) is 0 Å². The monoisotopic (exact) mass is 309 g/mol. The van der Waals surface area contributed by atoms with Gasteiger partial charge in [-0.05, 0) is 44.2 Å². The summed E-state index contributed by atoms with van der Waals surface area (Å²) in [6.45, 7) is 11.2. The summed E-state index contributed by atoms with van der Waals surface area (Å²) in [6.07, 6.45) is 3.85. The predicted octanol–water partition coefficient (Wildman–Crippen LogP) is 0.897. The lowest BCUT2D eigenvalue weighted by molar-refractivity contribution is -0.142. The molecule has 0 N–H and O–H groups in total. The van der Waals surface area contributed by atoms with E-state index in [1.165, 1.54) is 59.1 Å². The molecule has 22 heavy (non-hydrogen) atoms. The maximum absolute atomic E-state index is 11.3. The molecular weight excluding hydrogens is 278 g/mol. The maximum Gasteiger partial charge on any atom is 0.319 e. The lowest BCUT2D eigenvalue weighted by Crippen LogP contribution is -2.49. The van der Waals surface area contributed by atoms with Crippen LogP contribution in [-0.4, -0.2) is 86.2 Å². The SMILES string of the molecule is COC(=O)CN1CCC(CN2CCN([C@H]3CC3C)CC2)CC1. The summed E-state index contributed by atoms with van der Waals surface area (Å²) < 4.78 is 4.75. The number of piperazine rings is 1. The minimum Gasteiger partial charge on any atom is -0.468 e. The highest BCUT2D eigenvalue weighted by Gasteiger charge is 2.39. The van der Waals surface area contributed by atoms with Gasteiger partial charge in [-0.15, -0.1) is 0 Å². The minimum atomic E-state index is -0.108. The Bertz CT molecular complexity index is 374. The van der Waals surface area contributed by atoms with E-state index in [1.807, 2.05) is 0 Å². The highest BCUT2D eigenvalue weighted by atomic mass is 16.5. The molecule has 126 valence electrons. The fourth-order valence-electron chi connectivity index (χ4n) is 4.03. The summed E-state index contributed by atoms with van der Waals surface area (Å²) in [4.78, 5) is 18.9. The van der Waals surface area contributed by atoms with E-state index in [2.05, 4.69) is 21.6 Å². The van der Waals surface area contributed by atoms with Gasteiger partial charge in [-0.2, -0.15) is 0 Å². The van der Waals surface area contributed by atoms with Gasteiger partial charge < -0.3 is 9.64 Å². The van der Waals surface area contributed by atoms with Crippen LogP contribution in [0.3, 0.4) is 0 Å². The van der Waals surface area contributed by atoms with Crippen LogP contribution in [0.25, 0.3) is 0 Å². The first-order chi connectivity index (χ1) is 10.7. The molecule has 1 saturated carbocycles. The first-order valence-corrected chi connectivity index (χ1v) is 8.91. The van der Waals surface area contributed by atoms with Gasteiger partial charge in [0.2, 0.25) is 0 Å². The molecule has 2 atom stereocenters. The molecule has 1 aliphatic carbocycles. The second-order valence-corrected chi connectivity index (χ2v) is 7.41. The highest BCUT2D eigenvalue weighted by Crippen LogP contribution is 2.35. The minimum absolute atomic E-state index is 0.108. The Kier molecular flexibility index (Phi) is 5.37. The number of rotatable bonds is 5. The Morgan fingerprint density at radius 2 is 1.68 bits per heavy atom. The van der Waals surface area contributed by atoms with Gasteiger partial charge in [0.1, 0.15) is 0 Å². The third-order valence-corrected chi connectivity index (χ3v) is 5.75. The largest absolute Gasteiger partial charge is 0.468 e. The highest BCUT2D eigenvalue weighted by molar-refractivity contribution is 5.71. The second-order valence-electron chi connectivity index (χ2n) is 7.41. The smallest absolute Gasteiger partial charge is 0.319 e. The number of likely N-dealkylation sites (tertiary alicyclic amines) is 1. The number of piperidine rings is 1. The van der Waals surface area contributed by atoms with E-state index in [4.69, 9.17) is 4.74 Å². The molecule has 1 unspecified atom stereocenters. The zero-order valence-corrected chi connectivity index (χ0v) is 14.2. The zero-order chi connectivity index (χ0) is 15.5. The molecule has 3 aliphatic rings. The van der Waals surface area contributed by atoms with Crippen LogP contribution < -0.4 is 0 Å². The third kappa shape index (κ3) is 4.21. The van der Waals surface area contributed by atoms with Crippen LogP contribution >= 0.6 is 0 Å². The Balaban J connectivity index is 1.32. The van der Waals surface area contributed by atoms with Gasteiger partial charge >= 0.3 is 5.97 Å². The molecule has 0 bridgehead atoms. The standard InChI is InChI=1S/C17H31N3O2/c1-14-11-16(14)20-9-7-19(8-10-20)12-15-3-5-18(6-4-15)13-17(21)22-2/h14-16H,3-13H2,1-2H3/t14?,16-/m0/s1. The Hall–Kier alpha value is -0.650. The number of esters is 1. The van der Waals surface area contributed by atoms with Gasteiger partial charge in [0.05, 0.1) is 13.7 Å². The molecule has 0 aromatic carbocycles. The Morgan fingerprint density at radius 1 is 1.05 bits per heavy atom. The van der Waals surface area contributed by atoms with Crippen molar-refractivity contribution in [2.75, 3.05) is 59.5 Å². The summed E-state index contributed by atoms with van der Waals surface area (Å²) in [6, 6.07) is 0.892. The molecule has 2 aliphatic heterocycles. The molecule has 3 rings (SSSR count). The molecule has 5 heteroatoms. The summed E-state index contributed by atoms with van der Waals surface area (Å²) in [7, 11) is 1.47. The van der Waals surface area contributed by atoms with E-state index in [0.717, 1.165) is 31.0 Å². The fourth-order valence-corrected chi connectivity index (χ4v) is 4.03. The van der Waals surface area contributed by atoms with Gasteiger partial charge in [-0.3, -0.25) is 14.6 Å². The van der Waals surface area contributed by atoms with Crippen molar-refractivity contribution in [3.63, 3.8) is 0 Å². The number of ether oxygens (including phenoxy) is 1.